The van der Waals surface area contributed by atoms with Crippen LogP contribution < -0.4 is 5.32 Å². The number of carbonyl (C=O) groups excluding carboxylic acids is 3. The van der Waals surface area contributed by atoms with Crippen molar-refractivity contribution in [2.45, 2.75) is 19.3 Å². The zero-order chi connectivity index (χ0) is 19.2. The van der Waals surface area contributed by atoms with Gasteiger partial charge in [-0.15, -0.1) is 11.3 Å². The molecule has 142 valence electrons. The number of carbonyl (C=O) groups is 3. The Hall–Kier alpha value is -2.74. The molecule has 1 aromatic heterocycles. The van der Waals surface area contributed by atoms with E-state index in [0.29, 0.717) is 42.3 Å². The van der Waals surface area contributed by atoms with Gasteiger partial charge in [-0.2, -0.15) is 0 Å². The highest BCUT2D eigenvalue weighted by molar-refractivity contribution is 7.14. The summed E-state index contributed by atoms with van der Waals surface area (Å²) in [4.78, 5) is 42.2. The van der Waals surface area contributed by atoms with Gasteiger partial charge in [0.2, 0.25) is 5.91 Å². The summed E-state index contributed by atoms with van der Waals surface area (Å²) >= 11 is 1.29. The number of rotatable bonds is 5. The van der Waals surface area contributed by atoms with E-state index in [2.05, 4.69) is 10.3 Å². The molecule has 0 aliphatic carbocycles. The Bertz CT molecular complexity index is 813. The molecule has 8 heteroatoms. The van der Waals surface area contributed by atoms with E-state index in [1.54, 1.807) is 34.5 Å². The van der Waals surface area contributed by atoms with Crippen molar-refractivity contribution in [1.29, 1.82) is 0 Å². The number of hydrogen-bond donors (Lipinski definition) is 1. The molecule has 1 aromatic carbocycles. The lowest BCUT2D eigenvalue weighted by Crippen LogP contribution is -2.41. The Balaban J connectivity index is 1.51. The van der Waals surface area contributed by atoms with Crippen LogP contribution in [0.3, 0.4) is 0 Å². The van der Waals surface area contributed by atoms with Gasteiger partial charge in [-0.1, -0.05) is 18.2 Å². The fraction of sp³-hybridized carbons (Fsp3) is 0.368. The van der Waals surface area contributed by atoms with Crippen molar-refractivity contribution in [2.75, 3.05) is 25.5 Å². The smallest absolute Gasteiger partial charge is 0.308 e. The highest BCUT2D eigenvalue weighted by Crippen LogP contribution is 2.21. The van der Waals surface area contributed by atoms with Gasteiger partial charge in [-0.3, -0.25) is 19.7 Å². The standard InChI is InChI=1S/C19H21N3O4S/c1-26-18(25)14-7-9-22(10-8-14)16(23)11-15-12-27-19(20-15)21-17(24)13-5-3-2-4-6-13/h2-6,12,14H,7-11H2,1H3,(H,20,21,24). The lowest BCUT2D eigenvalue weighted by atomic mass is 9.97. The number of methoxy groups -OCH3 is 1. The maximum Gasteiger partial charge on any atom is 0.308 e. The molecule has 1 N–H and O–H groups in total. The van der Waals surface area contributed by atoms with Gasteiger partial charge in [0.15, 0.2) is 5.13 Å². The van der Waals surface area contributed by atoms with E-state index in [1.165, 1.54) is 18.4 Å². The van der Waals surface area contributed by atoms with E-state index in [1.807, 2.05) is 6.07 Å². The van der Waals surface area contributed by atoms with Crippen molar-refractivity contribution in [3.63, 3.8) is 0 Å². The maximum absolute atomic E-state index is 12.5. The molecule has 1 fully saturated rings. The molecule has 1 saturated heterocycles. The van der Waals surface area contributed by atoms with Crippen LogP contribution in [0.25, 0.3) is 0 Å². The third kappa shape index (κ3) is 4.91. The number of amides is 2. The average molecular weight is 387 g/mol. The number of ether oxygens (including phenoxy) is 1. The zero-order valence-electron chi connectivity index (χ0n) is 15.0. The molecule has 0 saturated carbocycles. The number of hydrogen-bond acceptors (Lipinski definition) is 6. The van der Waals surface area contributed by atoms with Crippen LogP contribution in [0.15, 0.2) is 35.7 Å². The first kappa shape index (κ1) is 19.0. The molecular formula is C19H21N3O4S. The molecule has 2 amide bonds. The minimum atomic E-state index is -0.229. The Labute approximate surface area is 161 Å². The minimum Gasteiger partial charge on any atom is -0.469 e. The summed E-state index contributed by atoms with van der Waals surface area (Å²) in [5, 5.41) is 4.99. The van der Waals surface area contributed by atoms with Crippen LogP contribution in [0.2, 0.25) is 0 Å². The molecule has 1 aliphatic heterocycles. The maximum atomic E-state index is 12.5. The SMILES string of the molecule is COC(=O)C1CCN(C(=O)Cc2csc(NC(=O)c3ccccc3)n2)CC1. The number of esters is 1. The molecule has 3 rings (SSSR count). The first-order valence-corrected chi connectivity index (χ1v) is 9.61. The fourth-order valence-corrected chi connectivity index (χ4v) is 3.71. The Morgan fingerprint density at radius 3 is 2.59 bits per heavy atom. The summed E-state index contributed by atoms with van der Waals surface area (Å²) in [6.45, 7) is 1.08. The molecule has 0 spiro atoms. The van der Waals surface area contributed by atoms with Gasteiger partial charge in [0, 0.05) is 24.0 Å². The van der Waals surface area contributed by atoms with E-state index in [4.69, 9.17) is 4.74 Å². The molecular weight excluding hydrogens is 366 g/mol. The third-order valence-corrected chi connectivity index (χ3v) is 5.33. The topological polar surface area (TPSA) is 88.6 Å². The number of likely N-dealkylation sites (tertiary alicyclic amines) is 1. The Kier molecular flexibility index (Phi) is 6.18. The van der Waals surface area contributed by atoms with E-state index < -0.39 is 0 Å². The van der Waals surface area contributed by atoms with Gasteiger partial charge in [0.25, 0.3) is 5.91 Å². The second-order valence-electron chi connectivity index (χ2n) is 6.32. The molecule has 2 heterocycles. The summed E-state index contributed by atoms with van der Waals surface area (Å²) in [5.41, 5.74) is 1.18. The molecule has 27 heavy (non-hydrogen) atoms. The Morgan fingerprint density at radius 2 is 1.93 bits per heavy atom. The fourth-order valence-electron chi connectivity index (χ4n) is 3.00. The zero-order valence-corrected chi connectivity index (χ0v) is 15.8. The molecule has 0 atom stereocenters. The van der Waals surface area contributed by atoms with E-state index in [-0.39, 0.29) is 30.1 Å². The van der Waals surface area contributed by atoms with Crippen LogP contribution in [0.1, 0.15) is 28.9 Å². The number of nitrogens with zero attached hydrogens (tertiary/aromatic N) is 2. The number of thiazole rings is 1. The van der Waals surface area contributed by atoms with Gasteiger partial charge >= 0.3 is 5.97 Å². The van der Waals surface area contributed by atoms with Crippen molar-refractivity contribution in [3.05, 3.63) is 47.0 Å². The summed E-state index contributed by atoms with van der Waals surface area (Å²) in [6.07, 6.45) is 1.42. The van der Waals surface area contributed by atoms with Crippen molar-refractivity contribution in [1.82, 2.24) is 9.88 Å². The Morgan fingerprint density at radius 1 is 1.22 bits per heavy atom. The van der Waals surface area contributed by atoms with Gasteiger partial charge in [0.05, 0.1) is 25.1 Å². The average Bonchev–Trinajstić information content (AvgIpc) is 3.14. The first-order chi connectivity index (χ1) is 13.1. The number of benzene rings is 1. The monoisotopic (exact) mass is 387 g/mol. The quantitative estimate of drug-likeness (QED) is 0.796. The molecule has 2 aromatic rings. The third-order valence-electron chi connectivity index (χ3n) is 4.52. The van der Waals surface area contributed by atoms with Gasteiger partial charge < -0.3 is 9.64 Å². The number of anilines is 1. The number of nitrogens with one attached hydrogen (secondary N) is 1. The summed E-state index contributed by atoms with van der Waals surface area (Å²) in [6, 6.07) is 8.89. The first-order valence-electron chi connectivity index (χ1n) is 8.73. The van der Waals surface area contributed by atoms with Crippen molar-refractivity contribution >= 4 is 34.3 Å². The van der Waals surface area contributed by atoms with Crippen molar-refractivity contribution in [2.24, 2.45) is 5.92 Å². The second kappa shape index (κ2) is 8.77. The largest absolute Gasteiger partial charge is 0.469 e. The molecule has 0 unspecified atom stereocenters. The normalized spacial score (nSPS) is 14.6. The van der Waals surface area contributed by atoms with E-state index in [9.17, 15) is 14.4 Å². The molecule has 0 bridgehead atoms. The van der Waals surface area contributed by atoms with E-state index >= 15 is 0 Å². The minimum absolute atomic E-state index is 0.0236. The number of piperidine rings is 1. The van der Waals surface area contributed by atoms with Crippen LogP contribution >= 0.6 is 11.3 Å². The second-order valence-corrected chi connectivity index (χ2v) is 7.18. The van der Waals surface area contributed by atoms with Gasteiger partial charge in [0.1, 0.15) is 0 Å². The van der Waals surface area contributed by atoms with Crippen molar-refractivity contribution < 1.29 is 19.1 Å². The van der Waals surface area contributed by atoms with E-state index in [0.717, 1.165) is 0 Å². The predicted octanol–water partition coefficient (Wildman–Crippen LogP) is 2.35. The molecule has 1 aliphatic rings. The predicted molar refractivity (Wildman–Crippen MR) is 102 cm³/mol. The highest BCUT2D eigenvalue weighted by atomic mass is 32.1. The van der Waals surface area contributed by atoms with Crippen LogP contribution in [0, 0.1) is 5.92 Å². The van der Waals surface area contributed by atoms with Crippen LogP contribution in [0.4, 0.5) is 5.13 Å². The van der Waals surface area contributed by atoms with Gasteiger partial charge in [-0.25, -0.2) is 4.98 Å². The lowest BCUT2D eigenvalue weighted by Gasteiger charge is -2.30. The van der Waals surface area contributed by atoms with Crippen LogP contribution in [-0.4, -0.2) is 47.9 Å². The van der Waals surface area contributed by atoms with Crippen molar-refractivity contribution in [3.8, 4) is 0 Å². The number of aromatic nitrogens is 1. The van der Waals surface area contributed by atoms with Crippen LogP contribution in [-0.2, 0) is 20.7 Å². The summed E-state index contributed by atoms with van der Waals surface area (Å²) in [5.74, 6) is -0.587. The summed E-state index contributed by atoms with van der Waals surface area (Å²) < 4.78 is 4.76. The van der Waals surface area contributed by atoms with Crippen LogP contribution in [0.5, 0.6) is 0 Å². The molecule has 0 radical (unpaired) electrons. The van der Waals surface area contributed by atoms with Gasteiger partial charge in [-0.05, 0) is 25.0 Å². The lowest BCUT2D eigenvalue weighted by molar-refractivity contribution is -0.148. The molecule has 7 nitrogen and oxygen atoms in total. The highest BCUT2D eigenvalue weighted by Gasteiger charge is 2.28. The summed E-state index contributed by atoms with van der Waals surface area (Å²) in [7, 11) is 1.39.